The summed E-state index contributed by atoms with van der Waals surface area (Å²) in [6, 6.07) is -0.0540. The largest absolute Gasteiger partial charge is 0.327 e. The van der Waals surface area contributed by atoms with Gasteiger partial charge in [-0.05, 0) is 12.8 Å². The van der Waals surface area contributed by atoms with E-state index in [0.29, 0.717) is 6.54 Å². The Morgan fingerprint density at radius 2 is 1.92 bits per heavy atom. The van der Waals surface area contributed by atoms with E-state index < -0.39 is 0 Å². The molecule has 0 saturated heterocycles. The zero-order valence-corrected chi connectivity index (χ0v) is 8.47. The quantitative estimate of drug-likeness (QED) is 0.641. The van der Waals surface area contributed by atoms with Crippen molar-refractivity contribution < 1.29 is 4.79 Å². The number of nitrogens with zero attached hydrogens (tertiary/aromatic N) is 1. The maximum absolute atomic E-state index is 11.4. The molecule has 74 valence electrons. The first-order valence-corrected chi connectivity index (χ1v) is 4.72. The molecule has 13 heavy (non-hydrogen) atoms. The molecule has 1 N–H and O–H groups in total. The molecule has 0 aliphatic rings. The number of hydrogen-bond acceptors (Lipinski definition) is 1. The van der Waals surface area contributed by atoms with Crippen LogP contribution in [0.25, 0.3) is 0 Å². The summed E-state index contributed by atoms with van der Waals surface area (Å²) < 4.78 is 0. The van der Waals surface area contributed by atoms with Crippen LogP contribution in [0.3, 0.4) is 0 Å². The number of terminal acetylenes is 1. The van der Waals surface area contributed by atoms with Gasteiger partial charge in [-0.25, -0.2) is 4.79 Å². The standard InChI is InChI=1S/C10H18N2O/c1-4-7-11-10(13)12(8-5-2)9-6-3/h1H,5-9H2,2-3H3,(H,11,13). The Labute approximate surface area is 80.5 Å². The van der Waals surface area contributed by atoms with Crippen LogP contribution in [0, 0.1) is 12.3 Å². The summed E-state index contributed by atoms with van der Waals surface area (Å²) in [4.78, 5) is 13.2. The Hall–Kier alpha value is -1.17. The fourth-order valence-corrected chi connectivity index (χ4v) is 1.09. The average Bonchev–Trinajstić information content (AvgIpc) is 2.14. The van der Waals surface area contributed by atoms with Crippen LogP contribution in [-0.4, -0.2) is 30.6 Å². The highest BCUT2D eigenvalue weighted by molar-refractivity contribution is 5.74. The Kier molecular flexibility index (Phi) is 6.80. The van der Waals surface area contributed by atoms with Crippen molar-refractivity contribution >= 4 is 6.03 Å². The molecule has 0 unspecified atom stereocenters. The van der Waals surface area contributed by atoms with E-state index in [2.05, 4.69) is 25.1 Å². The third kappa shape index (κ3) is 5.13. The van der Waals surface area contributed by atoms with Gasteiger partial charge in [0.1, 0.15) is 0 Å². The number of rotatable bonds is 5. The van der Waals surface area contributed by atoms with Crippen LogP contribution in [0.2, 0.25) is 0 Å². The molecule has 0 aromatic heterocycles. The molecule has 0 atom stereocenters. The van der Waals surface area contributed by atoms with Gasteiger partial charge in [-0.3, -0.25) is 0 Å². The molecule has 0 aromatic carbocycles. The maximum atomic E-state index is 11.4. The van der Waals surface area contributed by atoms with Gasteiger partial charge >= 0.3 is 6.03 Å². The fourth-order valence-electron chi connectivity index (χ4n) is 1.09. The van der Waals surface area contributed by atoms with E-state index in [4.69, 9.17) is 6.42 Å². The highest BCUT2D eigenvalue weighted by Crippen LogP contribution is 1.94. The molecule has 3 nitrogen and oxygen atoms in total. The first-order chi connectivity index (χ1) is 6.26. The van der Waals surface area contributed by atoms with Gasteiger partial charge in [0.2, 0.25) is 0 Å². The molecule has 0 bridgehead atoms. The third-order valence-corrected chi connectivity index (χ3v) is 1.62. The number of carbonyl (C=O) groups excluding carboxylic acids is 1. The molecular weight excluding hydrogens is 164 g/mol. The predicted molar refractivity (Wildman–Crippen MR) is 54.4 cm³/mol. The van der Waals surface area contributed by atoms with E-state index in [1.807, 2.05) is 0 Å². The van der Waals surface area contributed by atoms with Gasteiger partial charge in [0.15, 0.2) is 0 Å². The predicted octanol–water partition coefficient (Wildman–Crippen LogP) is 1.45. The fraction of sp³-hybridized carbons (Fsp3) is 0.700. The van der Waals surface area contributed by atoms with E-state index in [9.17, 15) is 4.79 Å². The summed E-state index contributed by atoms with van der Waals surface area (Å²) in [7, 11) is 0. The minimum Gasteiger partial charge on any atom is -0.327 e. The van der Waals surface area contributed by atoms with Gasteiger partial charge in [0.05, 0.1) is 6.54 Å². The van der Waals surface area contributed by atoms with Crippen molar-refractivity contribution in [2.45, 2.75) is 26.7 Å². The van der Waals surface area contributed by atoms with Crippen molar-refractivity contribution in [1.29, 1.82) is 0 Å². The second-order valence-corrected chi connectivity index (χ2v) is 2.85. The minimum absolute atomic E-state index is 0.0540. The van der Waals surface area contributed by atoms with Crippen LogP contribution in [-0.2, 0) is 0 Å². The summed E-state index contributed by atoms with van der Waals surface area (Å²) in [5.74, 6) is 2.38. The van der Waals surface area contributed by atoms with Gasteiger partial charge in [-0.15, -0.1) is 6.42 Å². The van der Waals surface area contributed by atoms with Gasteiger partial charge in [-0.1, -0.05) is 19.8 Å². The summed E-state index contributed by atoms with van der Waals surface area (Å²) in [6.07, 6.45) is 6.99. The molecule has 0 saturated carbocycles. The second kappa shape index (κ2) is 7.48. The highest BCUT2D eigenvalue weighted by atomic mass is 16.2. The van der Waals surface area contributed by atoms with Crippen molar-refractivity contribution in [2.24, 2.45) is 0 Å². The van der Waals surface area contributed by atoms with Crippen molar-refractivity contribution in [3.05, 3.63) is 0 Å². The molecule has 0 fully saturated rings. The van der Waals surface area contributed by atoms with Crippen LogP contribution < -0.4 is 5.32 Å². The number of carbonyl (C=O) groups is 1. The van der Waals surface area contributed by atoms with Crippen molar-refractivity contribution in [3.63, 3.8) is 0 Å². The SMILES string of the molecule is C#CCNC(=O)N(CCC)CCC. The van der Waals surface area contributed by atoms with E-state index in [1.165, 1.54) is 0 Å². The van der Waals surface area contributed by atoms with E-state index >= 15 is 0 Å². The van der Waals surface area contributed by atoms with Gasteiger partial charge in [-0.2, -0.15) is 0 Å². The lowest BCUT2D eigenvalue weighted by Gasteiger charge is -2.21. The average molecular weight is 182 g/mol. The Bertz CT molecular complexity index is 178. The monoisotopic (exact) mass is 182 g/mol. The van der Waals surface area contributed by atoms with Crippen LogP contribution in [0.4, 0.5) is 4.79 Å². The molecule has 0 rings (SSSR count). The second-order valence-electron chi connectivity index (χ2n) is 2.85. The summed E-state index contributed by atoms with van der Waals surface area (Å²) >= 11 is 0. The Morgan fingerprint density at radius 1 is 1.38 bits per heavy atom. The highest BCUT2D eigenvalue weighted by Gasteiger charge is 2.09. The summed E-state index contributed by atoms with van der Waals surface area (Å²) in [5, 5.41) is 2.65. The lowest BCUT2D eigenvalue weighted by atomic mass is 10.4. The van der Waals surface area contributed by atoms with Crippen molar-refractivity contribution in [3.8, 4) is 12.3 Å². The molecule has 0 aliphatic carbocycles. The Balaban J connectivity index is 3.88. The van der Waals surface area contributed by atoms with Crippen molar-refractivity contribution in [2.75, 3.05) is 19.6 Å². The number of amides is 2. The third-order valence-electron chi connectivity index (χ3n) is 1.62. The van der Waals surface area contributed by atoms with E-state index in [-0.39, 0.29) is 6.03 Å². The zero-order chi connectivity index (χ0) is 10.1. The number of hydrogen-bond donors (Lipinski definition) is 1. The number of urea groups is 1. The number of nitrogens with one attached hydrogen (secondary N) is 1. The lowest BCUT2D eigenvalue weighted by molar-refractivity contribution is 0.199. The first-order valence-electron chi connectivity index (χ1n) is 4.72. The van der Waals surface area contributed by atoms with Crippen LogP contribution in [0.5, 0.6) is 0 Å². The van der Waals surface area contributed by atoms with Gasteiger partial charge in [0, 0.05) is 13.1 Å². The molecular formula is C10H18N2O. The van der Waals surface area contributed by atoms with Crippen LogP contribution >= 0.6 is 0 Å². The smallest absolute Gasteiger partial charge is 0.318 e. The summed E-state index contributed by atoms with van der Waals surface area (Å²) in [6.45, 7) is 6.01. The van der Waals surface area contributed by atoms with Crippen LogP contribution in [0.15, 0.2) is 0 Å². The summed E-state index contributed by atoms with van der Waals surface area (Å²) in [5.41, 5.74) is 0. The van der Waals surface area contributed by atoms with E-state index in [1.54, 1.807) is 4.90 Å². The minimum atomic E-state index is -0.0540. The molecule has 2 amide bonds. The van der Waals surface area contributed by atoms with Crippen LogP contribution in [0.1, 0.15) is 26.7 Å². The molecule has 3 heteroatoms. The molecule has 0 spiro atoms. The molecule has 0 radical (unpaired) electrons. The Morgan fingerprint density at radius 3 is 2.31 bits per heavy atom. The topological polar surface area (TPSA) is 32.3 Å². The maximum Gasteiger partial charge on any atom is 0.318 e. The van der Waals surface area contributed by atoms with Gasteiger partial charge < -0.3 is 10.2 Å². The first kappa shape index (κ1) is 11.8. The molecule has 0 heterocycles. The zero-order valence-electron chi connectivity index (χ0n) is 8.47. The normalized spacial score (nSPS) is 9.00. The lowest BCUT2D eigenvalue weighted by Crippen LogP contribution is -2.40. The van der Waals surface area contributed by atoms with E-state index in [0.717, 1.165) is 25.9 Å². The molecule has 0 aromatic rings. The molecule has 0 aliphatic heterocycles. The van der Waals surface area contributed by atoms with Crippen molar-refractivity contribution in [1.82, 2.24) is 10.2 Å². The van der Waals surface area contributed by atoms with Gasteiger partial charge in [0.25, 0.3) is 0 Å².